The predicted molar refractivity (Wildman–Crippen MR) is 111 cm³/mol. The average molecular weight is 390 g/mol. The Morgan fingerprint density at radius 1 is 1.07 bits per heavy atom. The molecule has 0 bridgehead atoms. The summed E-state index contributed by atoms with van der Waals surface area (Å²) in [7, 11) is 0. The minimum absolute atomic E-state index is 0.0166. The van der Waals surface area contributed by atoms with Crippen molar-refractivity contribution in [1.29, 1.82) is 0 Å². The molecule has 0 aliphatic carbocycles. The number of hydrogen-bond donors (Lipinski definition) is 1. The molecule has 4 rings (SSSR count). The number of carbonyl (C=O) groups is 1. The number of aromatic nitrogens is 1. The number of benzene rings is 2. The summed E-state index contributed by atoms with van der Waals surface area (Å²) in [6.45, 7) is 0.679. The summed E-state index contributed by atoms with van der Waals surface area (Å²) in [5.41, 5.74) is 2.10. The van der Waals surface area contributed by atoms with Gasteiger partial charge in [0.2, 0.25) is 0 Å². The van der Waals surface area contributed by atoms with E-state index in [0.29, 0.717) is 24.4 Å². The lowest BCUT2D eigenvalue weighted by molar-refractivity contribution is 0.0578. The van der Waals surface area contributed by atoms with Gasteiger partial charge in [0, 0.05) is 24.2 Å². The highest BCUT2D eigenvalue weighted by molar-refractivity contribution is 5.93. The fraction of sp³-hybridized carbons (Fsp3) is 0.333. The molecule has 2 aromatic carbocycles. The maximum atomic E-state index is 13.2. The first-order chi connectivity index (χ1) is 14.2. The van der Waals surface area contributed by atoms with Gasteiger partial charge >= 0.3 is 0 Å². The number of likely N-dealkylation sites (tertiary alicyclic amines) is 1. The largest absolute Gasteiger partial charge is 0.388 e. The molecule has 1 amide bonds. The summed E-state index contributed by atoms with van der Waals surface area (Å²) >= 11 is 0. The van der Waals surface area contributed by atoms with E-state index in [0.717, 1.165) is 36.8 Å². The van der Waals surface area contributed by atoms with Crippen molar-refractivity contribution in [3.05, 3.63) is 78.0 Å². The third kappa shape index (κ3) is 4.57. The van der Waals surface area contributed by atoms with E-state index in [1.54, 1.807) is 6.07 Å². The Hall–Kier alpha value is -2.92. The van der Waals surface area contributed by atoms with E-state index in [4.69, 9.17) is 4.52 Å². The SMILES string of the molecule is O=C(c1cc(-c2ccccc2)on1)N1CCCCC[C@@H]1C[C@@H](O)c1ccccc1. The van der Waals surface area contributed by atoms with E-state index in [2.05, 4.69) is 5.16 Å². The van der Waals surface area contributed by atoms with Gasteiger partial charge in [0.1, 0.15) is 0 Å². The van der Waals surface area contributed by atoms with Gasteiger partial charge in [0.15, 0.2) is 11.5 Å². The third-order valence-corrected chi connectivity index (χ3v) is 5.61. The molecule has 1 aromatic heterocycles. The van der Waals surface area contributed by atoms with E-state index in [1.165, 1.54) is 0 Å². The Kier molecular flexibility index (Phi) is 6.06. The van der Waals surface area contributed by atoms with Crippen molar-refractivity contribution in [1.82, 2.24) is 10.1 Å². The van der Waals surface area contributed by atoms with Crippen LogP contribution < -0.4 is 0 Å². The summed E-state index contributed by atoms with van der Waals surface area (Å²) < 4.78 is 5.43. The number of aliphatic hydroxyl groups is 1. The van der Waals surface area contributed by atoms with Crippen LogP contribution in [0.2, 0.25) is 0 Å². The number of hydrogen-bond acceptors (Lipinski definition) is 4. The van der Waals surface area contributed by atoms with Crippen molar-refractivity contribution in [2.45, 2.75) is 44.2 Å². The van der Waals surface area contributed by atoms with Crippen LogP contribution in [0.4, 0.5) is 0 Å². The molecule has 0 spiro atoms. The van der Waals surface area contributed by atoms with Gasteiger partial charge < -0.3 is 14.5 Å². The molecule has 3 aromatic rings. The zero-order valence-electron chi connectivity index (χ0n) is 16.4. The van der Waals surface area contributed by atoms with Gasteiger partial charge in [0.25, 0.3) is 5.91 Å². The zero-order chi connectivity index (χ0) is 20.1. The summed E-state index contributed by atoms with van der Waals surface area (Å²) in [4.78, 5) is 15.1. The lowest BCUT2D eigenvalue weighted by atomic mass is 9.98. The van der Waals surface area contributed by atoms with E-state index >= 15 is 0 Å². The highest BCUT2D eigenvalue weighted by Crippen LogP contribution is 2.28. The van der Waals surface area contributed by atoms with Crippen LogP contribution in [0.3, 0.4) is 0 Å². The molecular weight excluding hydrogens is 364 g/mol. The summed E-state index contributed by atoms with van der Waals surface area (Å²) in [5, 5.41) is 14.8. The highest BCUT2D eigenvalue weighted by Gasteiger charge is 2.30. The van der Waals surface area contributed by atoms with Crippen LogP contribution in [0, 0.1) is 0 Å². The first-order valence-corrected chi connectivity index (χ1v) is 10.3. The fourth-order valence-corrected chi connectivity index (χ4v) is 4.02. The monoisotopic (exact) mass is 390 g/mol. The van der Waals surface area contributed by atoms with E-state index in [1.807, 2.05) is 65.6 Å². The van der Waals surface area contributed by atoms with E-state index in [-0.39, 0.29) is 11.9 Å². The fourth-order valence-electron chi connectivity index (χ4n) is 4.02. The van der Waals surface area contributed by atoms with Gasteiger partial charge in [-0.05, 0) is 24.8 Å². The lowest BCUT2D eigenvalue weighted by Crippen LogP contribution is -2.41. The molecule has 1 N–H and O–H groups in total. The van der Waals surface area contributed by atoms with Crippen molar-refractivity contribution >= 4 is 5.91 Å². The Morgan fingerprint density at radius 2 is 1.79 bits per heavy atom. The van der Waals surface area contributed by atoms with Gasteiger partial charge in [-0.2, -0.15) is 0 Å². The van der Waals surface area contributed by atoms with Crippen molar-refractivity contribution in [2.75, 3.05) is 6.54 Å². The van der Waals surface area contributed by atoms with Crippen molar-refractivity contribution in [3.8, 4) is 11.3 Å². The number of nitrogens with zero attached hydrogens (tertiary/aromatic N) is 2. The first-order valence-electron chi connectivity index (χ1n) is 10.3. The van der Waals surface area contributed by atoms with Crippen LogP contribution in [-0.4, -0.2) is 33.7 Å². The molecule has 5 heteroatoms. The minimum atomic E-state index is -0.591. The van der Waals surface area contributed by atoms with Gasteiger partial charge in [-0.25, -0.2) is 0 Å². The van der Waals surface area contributed by atoms with Crippen LogP contribution in [0.15, 0.2) is 71.3 Å². The number of rotatable bonds is 5. The average Bonchev–Trinajstić information content (AvgIpc) is 3.16. The first kappa shape index (κ1) is 19.4. The van der Waals surface area contributed by atoms with Crippen LogP contribution in [0.1, 0.15) is 54.3 Å². The van der Waals surface area contributed by atoms with Crippen LogP contribution >= 0.6 is 0 Å². The Morgan fingerprint density at radius 3 is 2.55 bits per heavy atom. The smallest absolute Gasteiger partial charge is 0.276 e. The molecule has 1 fully saturated rings. The van der Waals surface area contributed by atoms with Gasteiger partial charge in [0.05, 0.1) is 6.10 Å². The van der Waals surface area contributed by atoms with Gasteiger partial charge in [-0.1, -0.05) is 78.7 Å². The molecule has 1 aliphatic heterocycles. The Balaban J connectivity index is 1.52. The summed E-state index contributed by atoms with van der Waals surface area (Å²) in [6.07, 6.45) is 3.94. The zero-order valence-corrected chi connectivity index (χ0v) is 16.4. The second-order valence-corrected chi connectivity index (χ2v) is 7.61. The molecular formula is C24H26N2O3. The third-order valence-electron chi connectivity index (χ3n) is 5.61. The molecule has 2 atom stereocenters. The number of amides is 1. The van der Waals surface area contributed by atoms with Crippen molar-refractivity contribution in [3.63, 3.8) is 0 Å². The molecule has 0 saturated carbocycles. The topological polar surface area (TPSA) is 66.6 Å². The second-order valence-electron chi connectivity index (χ2n) is 7.61. The van der Waals surface area contributed by atoms with E-state index in [9.17, 15) is 9.90 Å². The maximum Gasteiger partial charge on any atom is 0.276 e. The van der Waals surface area contributed by atoms with Crippen LogP contribution in [0.25, 0.3) is 11.3 Å². The molecule has 1 saturated heterocycles. The van der Waals surface area contributed by atoms with Crippen molar-refractivity contribution < 1.29 is 14.4 Å². The molecule has 0 radical (unpaired) electrons. The van der Waals surface area contributed by atoms with Crippen LogP contribution in [-0.2, 0) is 0 Å². The van der Waals surface area contributed by atoms with Crippen molar-refractivity contribution in [2.24, 2.45) is 0 Å². The molecule has 2 heterocycles. The Labute approximate surface area is 171 Å². The van der Waals surface area contributed by atoms with Crippen LogP contribution in [0.5, 0.6) is 0 Å². The quantitative estimate of drug-likeness (QED) is 0.676. The van der Waals surface area contributed by atoms with Gasteiger partial charge in [-0.15, -0.1) is 0 Å². The van der Waals surface area contributed by atoms with E-state index < -0.39 is 6.10 Å². The molecule has 1 aliphatic rings. The maximum absolute atomic E-state index is 13.2. The normalized spacial score (nSPS) is 18.2. The molecule has 150 valence electrons. The second kappa shape index (κ2) is 9.05. The standard InChI is InChI=1S/C24H26N2O3/c27-22(18-10-4-1-5-11-18)16-20-14-8-3-9-15-26(20)24(28)21-17-23(29-25-21)19-12-6-2-7-13-19/h1-2,4-7,10-13,17,20,22,27H,3,8-9,14-16H2/t20-,22-/m1/s1. The highest BCUT2D eigenvalue weighted by atomic mass is 16.5. The molecule has 29 heavy (non-hydrogen) atoms. The molecule has 5 nitrogen and oxygen atoms in total. The Bertz CT molecular complexity index is 924. The molecule has 0 unspecified atom stereocenters. The minimum Gasteiger partial charge on any atom is -0.388 e. The number of aliphatic hydroxyl groups excluding tert-OH is 1. The van der Waals surface area contributed by atoms with Gasteiger partial charge in [-0.3, -0.25) is 4.79 Å². The predicted octanol–water partition coefficient (Wildman–Crippen LogP) is 4.85. The lowest BCUT2D eigenvalue weighted by Gasteiger charge is -2.31. The summed E-state index contributed by atoms with van der Waals surface area (Å²) in [6, 6.07) is 21.0. The summed E-state index contributed by atoms with van der Waals surface area (Å²) in [5.74, 6) is 0.465. The number of carbonyl (C=O) groups excluding carboxylic acids is 1.